The average Bonchev–Trinajstić information content (AvgIpc) is 2.79. The maximum Gasteiger partial charge on any atom is 0.407 e. The highest BCUT2D eigenvalue weighted by Crippen LogP contribution is 2.23. The first-order valence-corrected chi connectivity index (χ1v) is 8.91. The van der Waals surface area contributed by atoms with Crippen molar-refractivity contribution >= 4 is 17.9 Å². The number of nitrogens with one attached hydrogen (secondary N) is 2. The summed E-state index contributed by atoms with van der Waals surface area (Å²) >= 11 is 2.04. The predicted molar refractivity (Wildman–Crippen MR) is 84.3 cm³/mol. The van der Waals surface area contributed by atoms with Crippen LogP contribution >= 0.6 is 11.8 Å². The standard InChI is InChI=1S/C15H28N2O2S/c1-15(2,3)19-14(18)17-12-6-4-5-11(9-12)16-13-7-8-20-10-13/h11-13,16H,4-10H2,1-3H3,(H,17,18). The van der Waals surface area contributed by atoms with Gasteiger partial charge in [0.2, 0.25) is 0 Å². The Kier molecular flexibility index (Phi) is 5.61. The normalized spacial score (nSPS) is 31.1. The van der Waals surface area contributed by atoms with Gasteiger partial charge in [0.1, 0.15) is 5.60 Å². The lowest BCUT2D eigenvalue weighted by molar-refractivity contribution is 0.0488. The number of rotatable bonds is 3. The molecule has 0 aromatic carbocycles. The Balaban J connectivity index is 1.73. The number of ether oxygens (including phenoxy) is 1. The summed E-state index contributed by atoms with van der Waals surface area (Å²) in [7, 11) is 0. The van der Waals surface area contributed by atoms with Crippen LogP contribution in [-0.2, 0) is 4.74 Å². The fourth-order valence-electron chi connectivity index (χ4n) is 2.95. The Morgan fingerprint density at radius 1 is 1.15 bits per heavy atom. The molecule has 1 amide bonds. The van der Waals surface area contributed by atoms with Gasteiger partial charge < -0.3 is 15.4 Å². The van der Waals surface area contributed by atoms with Crippen LogP contribution in [0.2, 0.25) is 0 Å². The second-order valence-corrected chi connectivity index (χ2v) is 8.08. The highest BCUT2D eigenvalue weighted by atomic mass is 32.2. The van der Waals surface area contributed by atoms with E-state index in [0.29, 0.717) is 12.1 Å². The molecule has 2 fully saturated rings. The molecular formula is C15H28N2O2S. The summed E-state index contributed by atoms with van der Waals surface area (Å²) in [6.45, 7) is 5.70. The lowest BCUT2D eigenvalue weighted by atomic mass is 9.90. The van der Waals surface area contributed by atoms with E-state index in [4.69, 9.17) is 4.74 Å². The van der Waals surface area contributed by atoms with Gasteiger partial charge in [-0.15, -0.1) is 0 Å². The van der Waals surface area contributed by atoms with Crippen LogP contribution in [0.5, 0.6) is 0 Å². The molecule has 0 radical (unpaired) electrons. The molecule has 3 atom stereocenters. The Hall–Kier alpha value is -0.420. The molecule has 116 valence electrons. The van der Waals surface area contributed by atoms with Gasteiger partial charge in [0.25, 0.3) is 0 Å². The number of hydrogen-bond donors (Lipinski definition) is 2. The van der Waals surface area contributed by atoms with E-state index >= 15 is 0 Å². The largest absolute Gasteiger partial charge is 0.444 e. The van der Waals surface area contributed by atoms with Crippen LogP contribution in [0.25, 0.3) is 0 Å². The molecule has 0 bridgehead atoms. The Morgan fingerprint density at radius 3 is 2.55 bits per heavy atom. The number of amides is 1. The number of hydrogen-bond acceptors (Lipinski definition) is 4. The molecule has 5 heteroatoms. The second kappa shape index (κ2) is 7.03. The van der Waals surface area contributed by atoms with Crippen LogP contribution in [0.4, 0.5) is 4.79 Å². The SMILES string of the molecule is CC(C)(C)OC(=O)NC1CCCC(NC2CCSC2)C1. The molecule has 3 unspecified atom stereocenters. The van der Waals surface area contributed by atoms with Gasteiger partial charge in [0.15, 0.2) is 0 Å². The van der Waals surface area contributed by atoms with Crippen molar-refractivity contribution in [1.82, 2.24) is 10.6 Å². The highest BCUT2D eigenvalue weighted by molar-refractivity contribution is 7.99. The van der Waals surface area contributed by atoms with Crippen molar-refractivity contribution in [2.45, 2.75) is 76.6 Å². The molecule has 1 aliphatic heterocycles. The maximum absolute atomic E-state index is 11.8. The van der Waals surface area contributed by atoms with Gasteiger partial charge in [0.05, 0.1) is 0 Å². The quantitative estimate of drug-likeness (QED) is 0.841. The van der Waals surface area contributed by atoms with Gasteiger partial charge >= 0.3 is 6.09 Å². The number of carbonyl (C=O) groups is 1. The maximum atomic E-state index is 11.8. The Morgan fingerprint density at radius 2 is 1.90 bits per heavy atom. The van der Waals surface area contributed by atoms with Crippen molar-refractivity contribution in [2.75, 3.05) is 11.5 Å². The van der Waals surface area contributed by atoms with Gasteiger partial charge in [-0.2, -0.15) is 11.8 Å². The van der Waals surface area contributed by atoms with Crippen LogP contribution in [0.1, 0.15) is 52.9 Å². The first-order valence-electron chi connectivity index (χ1n) is 7.76. The summed E-state index contributed by atoms with van der Waals surface area (Å²) in [5, 5.41) is 6.78. The smallest absolute Gasteiger partial charge is 0.407 e. The van der Waals surface area contributed by atoms with Crippen LogP contribution in [0.15, 0.2) is 0 Å². The van der Waals surface area contributed by atoms with Crippen LogP contribution < -0.4 is 10.6 Å². The average molecular weight is 300 g/mol. The third-order valence-electron chi connectivity index (χ3n) is 3.80. The first kappa shape index (κ1) is 16.0. The molecule has 2 aliphatic rings. The summed E-state index contributed by atoms with van der Waals surface area (Å²) in [5.41, 5.74) is -0.419. The lowest BCUT2D eigenvalue weighted by Crippen LogP contribution is -2.48. The number of alkyl carbamates (subject to hydrolysis) is 1. The molecule has 0 spiro atoms. The number of carbonyl (C=O) groups excluding carboxylic acids is 1. The van der Waals surface area contributed by atoms with Crippen LogP contribution in [0.3, 0.4) is 0 Å². The van der Waals surface area contributed by atoms with E-state index < -0.39 is 5.60 Å². The van der Waals surface area contributed by atoms with Crippen LogP contribution in [-0.4, -0.2) is 41.3 Å². The zero-order valence-corrected chi connectivity index (χ0v) is 13.7. The van der Waals surface area contributed by atoms with Crippen molar-refractivity contribution in [3.8, 4) is 0 Å². The number of thioether (sulfide) groups is 1. The predicted octanol–water partition coefficient (Wildman–Crippen LogP) is 2.92. The molecule has 4 nitrogen and oxygen atoms in total. The minimum absolute atomic E-state index is 0.255. The van der Waals surface area contributed by atoms with Crippen molar-refractivity contribution in [3.63, 3.8) is 0 Å². The molecular weight excluding hydrogens is 272 g/mol. The van der Waals surface area contributed by atoms with Crippen LogP contribution in [0, 0.1) is 0 Å². The lowest BCUT2D eigenvalue weighted by Gasteiger charge is -2.32. The summed E-state index contributed by atoms with van der Waals surface area (Å²) < 4.78 is 5.34. The summed E-state index contributed by atoms with van der Waals surface area (Å²) in [6, 6.07) is 1.47. The second-order valence-electron chi connectivity index (χ2n) is 6.93. The first-order chi connectivity index (χ1) is 9.42. The fourth-order valence-corrected chi connectivity index (χ4v) is 4.11. The minimum atomic E-state index is -0.419. The van der Waals surface area contributed by atoms with E-state index in [1.807, 2.05) is 32.5 Å². The van der Waals surface area contributed by atoms with Crippen molar-refractivity contribution < 1.29 is 9.53 Å². The van der Waals surface area contributed by atoms with E-state index in [2.05, 4.69) is 10.6 Å². The molecule has 2 rings (SSSR count). The third-order valence-corrected chi connectivity index (χ3v) is 4.96. The monoisotopic (exact) mass is 300 g/mol. The summed E-state index contributed by atoms with van der Waals surface area (Å²) in [6.07, 6.45) is 5.51. The van der Waals surface area contributed by atoms with E-state index in [0.717, 1.165) is 12.8 Å². The zero-order valence-electron chi connectivity index (χ0n) is 12.9. The molecule has 1 heterocycles. The van der Waals surface area contributed by atoms with Gasteiger partial charge in [-0.25, -0.2) is 4.79 Å². The summed E-state index contributed by atoms with van der Waals surface area (Å²) in [4.78, 5) is 11.8. The minimum Gasteiger partial charge on any atom is -0.444 e. The van der Waals surface area contributed by atoms with E-state index in [1.165, 1.54) is 30.8 Å². The molecule has 1 saturated carbocycles. The van der Waals surface area contributed by atoms with E-state index in [9.17, 15) is 4.79 Å². The molecule has 1 aliphatic carbocycles. The molecule has 1 saturated heterocycles. The molecule has 20 heavy (non-hydrogen) atoms. The zero-order chi connectivity index (χ0) is 14.6. The molecule has 0 aromatic rings. The van der Waals surface area contributed by atoms with E-state index in [1.54, 1.807) is 0 Å². The Bertz CT molecular complexity index is 324. The van der Waals surface area contributed by atoms with Gasteiger partial charge in [0, 0.05) is 23.9 Å². The topological polar surface area (TPSA) is 50.4 Å². The highest BCUT2D eigenvalue weighted by Gasteiger charge is 2.27. The summed E-state index contributed by atoms with van der Waals surface area (Å²) in [5.74, 6) is 2.52. The van der Waals surface area contributed by atoms with Gasteiger partial charge in [-0.05, 0) is 58.6 Å². The van der Waals surface area contributed by atoms with Gasteiger partial charge in [-0.3, -0.25) is 0 Å². The van der Waals surface area contributed by atoms with Crippen molar-refractivity contribution in [3.05, 3.63) is 0 Å². The van der Waals surface area contributed by atoms with Crippen molar-refractivity contribution in [1.29, 1.82) is 0 Å². The Labute approximate surface area is 126 Å². The molecule has 0 aromatic heterocycles. The van der Waals surface area contributed by atoms with Crippen molar-refractivity contribution in [2.24, 2.45) is 0 Å². The van der Waals surface area contributed by atoms with E-state index in [-0.39, 0.29) is 12.1 Å². The molecule has 2 N–H and O–H groups in total. The van der Waals surface area contributed by atoms with Gasteiger partial charge in [-0.1, -0.05) is 0 Å². The fraction of sp³-hybridized carbons (Fsp3) is 0.933. The third kappa shape index (κ3) is 5.52.